The van der Waals surface area contributed by atoms with Gasteiger partial charge < -0.3 is 9.88 Å². The highest BCUT2D eigenvalue weighted by Crippen LogP contribution is 2.34. The van der Waals surface area contributed by atoms with Crippen LogP contribution in [0.15, 0.2) is 83.9 Å². The molecule has 4 aromatic rings. The zero-order valence-electron chi connectivity index (χ0n) is 19.3. The second-order valence-electron chi connectivity index (χ2n) is 8.32. The van der Waals surface area contributed by atoms with Crippen LogP contribution in [-0.2, 0) is 16.1 Å². The van der Waals surface area contributed by atoms with Crippen molar-refractivity contribution in [2.75, 3.05) is 11.9 Å². The van der Waals surface area contributed by atoms with Crippen LogP contribution in [0.1, 0.15) is 16.7 Å². The molecule has 7 nitrogen and oxygen atoms in total. The van der Waals surface area contributed by atoms with Gasteiger partial charge in [-0.05, 0) is 59.8 Å². The first-order valence-electron chi connectivity index (χ1n) is 11.3. The van der Waals surface area contributed by atoms with E-state index in [2.05, 4.69) is 11.4 Å². The van der Waals surface area contributed by atoms with Crippen LogP contribution >= 0.6 is 11.8 Å². The van der Waals surface area contributed by atoms with Gasteiger partial charge in [0.05, 0.1) is 16.5 Å². The van der Waals surface area contributed by atoms with Crippen LogP contribution < -0.4 is 5.32 Å². The fourth-order valence-electron chi connectivity index (χ4n) is 4.13. The summed E-state index contributed by atoms with van der Waals surface area (Å²) in [6, 6.07) is 22.4. The molecule has 1 saturated heterocycles. The molecule has 1 aliphatic heterocycles. The standard InChI is InChI=1S/C28H19FN4O3S/c29-21-9-11-22(12-10-21)31-26(34)17-33-27(35)25(37-28(33)36)13-20-16-32(24-8-4-3-7-23(20)24)15-19-6-2-1-5-18(19)14-30/h1-13,16H,15,17H2,(H,31,34)/b25-13-. The van der Waals surface area contributed by atoms with E-state index in [0.29, 0.717) is 17.8 Å². The van der Waals surface area contributed by atoms with Gasteiger partial charge in [-0.25, -0.2) is 4.39 Å². The molecule has 182 valence electrons. The predicted molar refractivity (Wildman–Crippen MR) is 140 cm³/mol. The topological polar surface area (TPSA) is 95.2 Å². The lowest BCUT2D eigenvalue weighted by Gasteiger charge is -2.12. The molecule has 3 amide bonds. The summed E-state index contributed by atoms with van der Waals surface area (Å²) in [4.78, 5) is 39.1. The number of carbonyl (C=O) groups excluding carboxylic acids is 3. The van der Waals surface area contributed by atoms with Crippen molar-refractivity contribution in [2.24, 2.45) is 0 Å². The number of imide groups is 1. The lowest BCUT2D eigenvalue weighted by molar-refractivity contribution is -0.127. The molecule has 0 unspecified atom stereocenters. The average Bonchev–Trinajstić information content (AvgIpc) is 3.37. The van der Waals surface area contributed by atoms with Crippen LogP contribution in [0.25, 0.3) is 17.0 Å². The zero-order valence-corrected chi connectivity index (χ0v) is 20.2. The Bertz CT molecular complexity index is 1620. The number of amides is 3. The van der Waals surface area contributed by atoms with Crippen molar-refractivity contribution < 1.29 is 18.8 Å². The molecule has 37 heavy (non-hydrogen) atoms. The maximum absolute atomic E-state index is 13.1. The molecule has 1 aromatic heterocycles. The number of nitrogens with zero attached hydrogens (tertiary/aromatic N) is 3. The highest BCUT2D eigenvalue weighted by atomic mass is 32.2. The first kappa shape index (κ1) is 24.0. The summed E-state index contributed by atoms with van der Waals surface area (Å²) >= 11 is 0.771. The predicted octanol–water partition coefficient (Wildman–Crippen LogP) is 5.38. The fraction of sp³-hybridized carbons (Fsp3) is 0.0714. The van der Waals surface area contributed by atoms with Crippen LogP contribution in [0.5, 0.6) is 0 Å². The molecule has 0 bridgehead atoms. The van der Waals surface area contributed by atoms with Crippen molar-refractivity contribution in [1.29, 1.82) is 5.26 Å². The van der Waals surface area contributed by atoms with Crippen molar-refractivity contribution in [2.45, 2.75) is 6.54 Å². The van der Waals surface area contributed by atoms with Crippen molar-refractivity contribution >= 4 is 51.5 Å². The molecular weight excluding hydrogens is 491 g/mol. The average molecular weight is 511 g/mol. The van der Waals surface area contributed by atoms with E-state index < -0.39 is 29.4 Å². The first-order chi connectivity index (χ1) is 17.9. The Labute approximate surface area is 215 Å². The highest BCUT2D eigenvalue weighted by molar-refractivity contribution is 8.18. The number of anilines is 1. The summed E-state index contributed by atoms with van der Waals surface area (Å²) in [6.07, 6.45) is 3.53. The summed E-state index contributed by atoms with van der Waals surface area (Å²) in [5.41, 5.74) is 3.47. The van der Waals surface area contributed by atoms with E-state index in [9.17, 15) is 24.0 Å². The molecule has 1 N–H and O–H groups in total. The van der Waals surface area contributed by atoms with E-state index >= 15 is 0 Å². The number of nitriles is 1. The minimum Gasteiger partial charge on any atom is -0.342 e. The van der Waals surface area contributed by atoms with Crippen molar-refractivity contribution in [3.63, 3.8) is 0 Å². The van der Waals surface area contributed by atoms with Crippen LogP contribution in [0.2, 0.25) is 0 Å². The number of nitrogens with one attached hydrogen (secondary N) is 1. The summed E-state index contributed by atoms with van der Waals surface area (Å²) in [7, 11) is 0. The molecule has 0 atom stereocenters. The molecule has 0 aliphatic carbocycles. The zero-order chi connectivity index (χ0) is 25.9. The molecule has 5 rings (SSSR count). The molecular formula is C28H19FN4O3S. The van der Waals surface area contributed by atoms with E-state index in [1.165, 1.54) is 24.3 Å². The number of halogens is 1. The van der Waals surface area contributed by atoms with Gasteiger partial charge in [-0.2, -0.15) is 5.26 Å². The van der Waals surface area contributed by atoms with Crippen molar-refractivity contribution in [1.82, 2.24) is 9.47 Å². The second-order valence-corrected chi connectivity index (χ2v) is 9.31. The van der Waals surface area contributed by atoms with Gasteiger partial charge >= 0.3 is 0 Å². The number of aromatic nitrogens is 1. The maximum atomic E-state index is 13.1. The van der Waals surface area contributed by atoms with E-state index in [-0.39, 0.29) is 4.91 Å². The number of thioether (sulfide) groups is 1. The summed E-state index contributed by atoms with van der Waals surface area (Å²) < 4.78 is 15.1. The fourth-order valence-corrected chi connectivity index (χ4v) is 4.96. The number of benzene rings is 3. The first-order valence-corrected chi connectivity index (χ1v) is 12.1. The van der Waals surface area contributed by atoms with Crippen molar-refractivity contribution in [3.8, 4) is 6.07 Å². The number of para-hydroxylation sites is 1. The molecule has 0 radical (unpaired) electrons. The van der Waals surface area contributed by atoms with Crippen LogP contribution in [-0.4, -0.2) is 33.1 Å². The minimum absolute atomic E-state index is 0.208. The third-order valence-corrected chi connectivity index (χ3v) is 6.80. The Hall–Kier alpha value is -4.68. The summed E-state index contributed by atoms with van der Waals surface area (Å²) in [6.45, 7) is 0.00914. The molecule has 0 spiro atoms. The number of fused-ring (bicyclic) bond motifs is 1. The Morgan fingerprint density at radius 2 is 1.76 bits per heavy atom. The van der Waals surface area contributed by atoms with Crippen LogP contribution in [0, 0.1) is 17.1 Å². The van der Waals surface area contributed by atoms with E-state index in [1.54, 1.807) is 12.1 Å². The summed E-state index contributed by atoms with van der Waals surface area (Å²) in [5.74, 6) is -1.57. The Balaban J connectivity index is 1.39. The van der Waals surface area contributed by atoms with Crippen LogP contribution in [0.3, 0.4) is 0 Å². The van der Waals surface area contributed by atoms with Gasteiger partial charge in [0.2, 0.25) is 5.91 Å². The molecule has 3 aromatic carbocycles. The normalized spacial score (nSPS) is 14.4. The largest absolute Gasteiger partial charge is 0.342 e. The maximum Gasteiger partial charge on any atom is 0.294 e. The lowest BCUT2D eigenvalue weighted by Crippen LogP contribution is -2.36. The SMILES string of the molecule is N#Cc1ccccc1Cn1cc(/C=C2\SC(=O)N(CC(=O)Nc3ccc(F)cc3)C2=O)c2ccccc21. The molecule has 2 heterocycles. The number of rotatable bonds is 6. The van der Waals surface area contributed by atoms with Gasteiger partial charge in [-0.1, -0.05) is 36.4 Å². The van der Waals surface area contributed by atoms with Gasteiger partial charge in [0, 0.05) is 34.9 Å². The number of hydrogen-bond donors (Lipinski definition) is 1. The molecule has 9 heteroatoms. The second kappa shape index (κ2) is 10.1. The molecule has 0 saturated carbocycles. The monoisotopic (exact) mass is 510 g/mol. The summed E-state index contributed by atoms with van der Waals surface area (Å²) in [5, 5.41) is 12.3. The smallest absolute Gasteiger partial charge is 0.294 e. The van der Waals surface area contributed by atoms with Gasteiger partial charge in [0.1, 0.15) is 12.4 Å². The lowest BCUT2D eigenvalue weighted by atomic mass is 10.1. The van der Waals surface area contributed by atoms with Gasteiger partial charge in [0.25, 0.3) is 11.1 Å². The highest BCUT2D eigenvalue weighted by Gasteiger charge is 2.36. The van der Waals surface area contributed by atoms with Gasteiger partial charge in [0.15, 0.2) is 0 Å². The third-order valence-electron chi connectivity index (χ3n) is 5.89. The number of hydrogen-bond acceptors (Lipinski definition) is 5. The minimum atomic E-state index is -0.567. The number of carbonyl (C=O) groups is 3. The third kappa shape index (κ3) is 5.01. The van der Waals surface area contributed by atoms with Crippen LogP contribution in [0.4, 0.5) is 14.9 Å². The van der Waals surface area contributed by atoms with E-state index in [1.807, 2.05) is 53.2 Å². The van der Waals surface area contributed by atoms with Gasteiger partial charge in [-0.15, -0.1) is 0 Å². The molecule has 1 fully saturated rings. The van der Waals surface area contributed by atoms with Gasteiger partial charge in [-0.3, -0.25) is 19.3 Å². The quantitative estimate of drug-likeness (QED) is 0.352. The molecule has 1 aliphatic rings. The Kier molecular flexibility index (Phi) is 6.58. The van der Waals surface area contributed by atoms with Crippen molar-refractivity contribution in [3.05, 3.63) is 106 Å². The Morgan fingerprint density at radius 1 is 1.03 bits per heavy atom. The van der Waals surface area contributed by atoms with E-state index in [0.717, 1.165) is 38.7 Å². The Morgan fingerprint density at radius 3 is 2.54 bits per heavy atom. The van der Waals surface area contributed by atoms with E-state index in [4.69, 9.17) is 0 Å².